The van der Waals surface area contributed by atoms with Crippen LogP contribution in [-0.2, 0) is 15.8 Å². The molecule has 1 aliphatic heterocycles. The van der Waals surface area contributed by atoms with E-state index in [-0.39, 0.29) is 12.5 Å². The molecule has 2 N–H and O–H groups in total. The number of unbranched alkanes of at least 4 members (excludes halogenated alkanes) is 1. The van der Waals surface area contributed by atoms with Crippen LogP contribution in [0.2, 0.25) is 0 Å². The Labute approximate surface area is 232 Å². The zero-order valence-corrected chi connectivity index (χ0v) is 23.3. The number of rotatable bonds is 12. The highest BCUT2D eigenvalue weighted by atomic mass is 16.5. The summed E-state index contributed by atoms with van der Waals surface area (Å²) in [6, 6.07) is 28.0. The molecule has 39 heavy (non-hydrogen) atoms. The van der Waals surface area contributed by atoms with Crippen LogP contribution in [-0.4, -0.2) is 72.9 Å². The Morgan fingerprint density at radius 3 is 2.10 bits per heavy atom. The normalized spacial score (nSPS) is 15.6. The van der Waals surface area contributed by atoms with Crippen LogP contribution in [0.15, 0.2) is 84.9 Å². The van der Waals surface area contributed by atoms with Crippen molar-refractivity contribution in [3.05, 3.63) is 102 Å². The van der Waals surface area contributed by atoms with E-state index < -0.39 is 11.0 Å². The van der Waals surface area contributed by atoms with Gasteiger partial charge < -0.3 is 24.7 Å². The zero-order valence-electron chi connectivity index (χ0n) is 23.3. The van der Waals surface area contributed by atoms with Crippen molar-refractivity contribution >= 4 is 5.91 Å². The fourth-order valence-corrected chi connectivity index (χ4v) is 5.68. The first-order chi connectivity index (χ1) is 18.9. The van der Waals surface area contributed by atoms with Crippen LogP contribution in [0.1, 0.15) is 48.8 Å². The van der Waals surface area contributed by atoms with Crippen LogP contribution in [0, 0.1) is 0 Å². The van der Waals surface area contributed by atoms with Crippen molar-refractivity contribution in [2.45, 2.75) is 43.1 Å². The van der Waals surface area contributed by atoms with Crippen LogP contribution < -0.4 is 4.74 Å². The molecule has 6 nitrogen and oxygen atoms in total. The lowest BCUT2D eigenvalue weighted by molar-refractivity contribution is -0.133. The molecule has 0 bridgehead atoms. The monoisotopic (exact) mass is 530 g/mol. The summed E-state index contributed by atoms with van der Waals surface area (Å²) in [5, 5.41) is 20.5. The van der Waals surface area contributed by atoms with Crippen molar-refractivity contribution in [2.24, 2.45) is 0 Å². The second kappa shape index (κ2) is 13.2. The van der Waals surface area contributed by atoms with Gasteiger partial charge in [-0.05, 0) is 67.5 Å². The molecule has 1 amide bonds. The number of piperidine rings is 1. The number of amides is 1. The molecule has 6 heteroatoms. The molecule has 1 heterocycles. The van der Waals surface area contributed by atoms with E-state index in [0.717, 1.165) is 54.9 Å². The van der Waals surface area contributed by atoms with E-state index in [4.69, 9.17) is 9.84 Å². The van der Waals surface area contributed by atoms with Gasteiger partial charge in [-0.3, -0.25) is 4.79 Å². The van der Waals surface area contributed by atoms with E-state index in [1.807, 2.05) is 74.8 Å². The number of benzene rings is 3. The minimum atomic E-state index is -0.906. The van der Waals surface area contributed by atoms with Crippen molar-refractivity contribution in [3.8, 4) is 5.75 Å². The van der Waals surface area contributed by atoms with E-state index >= 15 is 0 Å². The van der Waals surface area contributed by atoms with Gasteiger partial charge in [-0.25, -0.2) is 0 Å². The third-order valence-electron chi connectivity index (χ3n) is 7.98. The Morgan fingerprint density at radius 1 is 0.923 bits per heavy atom. The molecule has 0 aromatic heterocycles. The summed E-state index contributed by atoms with van der Waals surface area (Å²) in [6.45, 7) is 2.95. The number of likely N-dealkylation sites (tertiary alicyclic amines) is 1. The Hall–Kier alpha value is -3.19. The Balaban J connectivity index is 1.48. The van der Waals surface area contributed by atoms with Gasteiger partial charge in [-0.1, -0.05) is 72.8 Å². The van der Waals surface area contributed by atoms with Crippen molar-refractivity contribution < 1.29 is 19.7 Å². The smallest absolute Gasteiger partial charge is 0.237 e. The lowest BCUT2D eigenvalue weighted by Gasteiger charge is -2.41. The van der Waals surface area contributed by atoms with Crippen LogP contribution in [0.25, 0.3) is 0 Å². The molecule has 0 radical (unpaired) electrons. The van der Waals surface area contributed by atoms with Gasteiger partial charge in [0.15, 0.2) is 0 Å². The molecule has 208 valence electrons. The van der Waals surface area contributed by atoms with E-state index in [9.17, 15) is 9.90 Å². The van der Waals surface area contributed by atoms with E-state index in [1.54, 1.807) is 4.90 Å². The number of aliphatic hydroxyl groups excluding tert-OH is 1. The van der Waals surface area contributed by atoms with Gasteiger partial charge in [-0.15, -0.1) is 0 Å². The predicted octanol–water partition coefficient (Wildman–Crippen LogP) is 4.59. The predicted molar refractivity (Wildman–Crippen MR) is 155 cm³/mol. The lowest BCUT2D eigenvalue weighted by Crippen LogP contribution is -2.48. The molecule has 1 aliphatic rings. The summed E-state index contributed by atoms with van der Waals surface area (Å²) in [5.74, 6) is 0.822. The first kappa shape index (κ1) is 28.8. The second-order valence-corrected chi connectivity index (χ2v) is 10.8. The Kier molecular flexibility index (Phi) is 9.78. The number of likely N-dealkylation sites (N-methyl/N-ethyl adjacent to an activating group) is 1. The van der Waals surface area contributed by atoms with Crippen molar-refractivity contribution in [2.75, 3.05) is 46.9 Å². The number of carbonyl (C=O) groups is 1. The molecule has 0 spiro atoms. The Bertz CT molecular complexity index is 1140. The second-order valence-electron chi connectivity index (χ2n) is 10.8. The molecule has 0 aliphatic carbocycles. The van der Waals surface area contributed by atoms with Crippen molar-refractivity contribution in [1.29, 1.82) is 0 Å². The summed E-state index contributed by atoms with van der Waals surface area (Å²) in [5.41, 5.74) is 1.18. The summed E-state index contributed by atoms with van der Waals surface area (Å²) >= 11 is 0. The number of aliphatic hydroxyl groups is 2. The summed E-state index contributed by atoms with van der Waals surface area (Å²) in [7, 11) is 3.66. The standard InChI is InChI=1S/C33H42N2O4/c1-34(2)31(37)33(27-12-5-3-6-13-27,28-14-7-4-8-15-28)20-23-35-21-18-32(38,19-22-35)29-16-11-17-30(26-29)39-25-10-9-24-36/h3-8,11-17,26,36,38H,9-10,18-25H2,1-2H3. The molecule has 0 saturated carbocycles. The van der Waals surface area contributed by atoms with Gasteiger partial charge in [-0.2, -0.15) is 0 Å². The van der Waals surface area contributed by atoms with Gasteiger partial charge in [0.1, 0.15) is 11.2 Å². The number of hydrogen-bond acceptors (Lipinski definition) is 5. The van der Waals surface area contributed by atoms with Gasteiger partial charge in [0.05, 0.1) is 12.2 Å². The third-order valence-corrected chi connectivity index (χ3v) is 7.98. The molecular formula is C33H42N2O4. The zero-order chi connectivity index (χ0) is 27.7. The molecule has 1 saturated heterocycles. The fraction of sp³-hybridized carbons (Fsp3) is 0.424. The highest BCUT2D eigenvalue weighted by Gasteiger charge is 2.43. The van der Waals surface area contributed by atoms with E-state index in [0.29, 0.717) is 25.9 Å². The van der Waals surface area contributed by atoms with Crippen molar-refractivity contribution in [3.63, 3.8) is 0 Å². The topological polar surface area (TPSA) is 73.2 Å². The SMILES string of the molecule is CN(C)C(=O)C(CCN1CCC(O)(c2cccc(OCCCCO)c2)CC1)(c1ccccc1)c1ccccc1. The van der Waals surface area contributed by atoms with Crippen LogP contribution in [0.5, 0.6) is 5.75 Å². The number of ether oxygens (including phenoxy) is 1. The molecule has 0 unspecified atom stereocenters. The molecule has 0 atom stereocenters. The quantitative estimate of drug-likeness (QED) is 0.335. The van der Waals surface area contributed by atoms with Crippen LogP contribution >= 0.6 is 0 Å². The van der Waals surface area contributed by atoms with Crippen molar-refractivity contribution in [1.82, 2.24) is 9.80 Å². The van der Waals surface area contributed by atoms with Gasteiger partial charge in [0, 0.05) is 33.8 Å². The highest BCUT2D eigenvalue weighted by molar-refractivity contribution is 5.91. The molecular weight excluding hydrogens is 488 g/mol. The highest BCUT2D eigenvalue weighted by Crippen LogP contribution is 2.39. The molecule has 1 fully saturated rings. The average molecular weight is 531 g/mol. The van der Waals surface area contributed by atoms with Gasteiger partial charge in [0.25, 0.3) is 0 Å². The van der Waals surface area contributed by atoms with E-state index in [2.05, 4.69) is 29.2 Å². The minimum Gasteiger partial charge on any atom is -0.494 e. The summed E-state index contributed by atoms with van der Waals surface area (Å²) < 4.78 is 5.84. The van der Waals surface area contributed by atoms with Gasteiger partial charge in [0.2, 0.25) is 5.91 Å². The minimum absolute atomic E-state index is 0.0734. The molecule has 3 aromatic rings. The summed E-state index contributed by atoms with van der Waals surface area (Å²) in [6.07, 6.45) is 3.39. The fourth-order valence-electron chi connectivity index (χ4n) is 5.68. The molecule has 3 aromatic carbocycles. The maximum absolute atomic E-state index is 13.9. The first-order valence-corrected chi connectivity index (χ1v) is 14.0. The number of nitrogens with zero attached hydrogens (tertiary/aromatic N) is 2. The third kappa shape index (κ3) is 6.70. The number of carbonyl (C=O) groups excluding carboxylic acids is 1. The maximum atomic E-state index is 13.9. The first-order valence-electron chi connectivity index (χ1n) is 14.0. The molecule has 4 rings (SSSR count). The largest absolute Gasteiger partial charge is 0.494 e. The summed E-state index contributed by atoms with van der Waals surface area (Å²) in [4.78, 5) is 18.0. The van der Waals surface area contributed by atoms with Gasteiger partial charge >= 0.3 is 0 Å². The maximum Gasteiger partial charge on any atom is 0.237 e. The Morgan fingerprint density at radius 2 is 1.54 bits per heavy atom. The van der Waals surface area contributed by atoms with Crippen LogP contribution in [0.3, 0.4) is 0 Å². The van der Waals surface area contributed by atoms with Crippen LogP contribution in [0.4, 0.5) is 0 Å². The van der Waals surface area contributed by atoms with E-state index in [1.165, 1.54) is 0 Å². The lowest BCUT2D eigenvalue weighted by atomic mass is 9.70. The number of hydrogen-bond donors (Lipinski definition) is 2. The average Bonchev–Trinajstić information content (AvgIpc) is 2.98.